The van der Waals surface area contributed by atoms with Crippen molar-refractivity contribution in [2.24, 2.45) is 11.7 Å². The number of nitrogens with zero attached hydrogens (tertiary/aromatic N) is 1. The van der Waals surface area contributed by atoms with Gasteiger partial charge in [-0.2, -0.15) is 0 Å². The fourth-order valence-electron chi connectivity index (χ4n) is 1.73. The summed E-state index contributed by atoms with van der Waals surface area (Å²) in [5.41, 5.74) is 4.92. The molecule has 0 aromatic carbocycles. The van der Waals surface area contributed by atoms with Gasteiger partial charge in [-0.05, 0) is 18.1 Å². The van der Waals surface area contributed by atoms with Crippen molar-refractivity contribution in [2.45, 2.75) is 26.3 Å². The molecule has 0 spiro atoms. The highest BCUT2D eigenvalue weighted by molar-refractivity contribution is 6.01. The maximum Gasteiger partial charge on any atom is 0.339 e. The van der Waals surface area contributed by atoms with Crippen LogP contribution >= 0.6 is 0 Å². The summed E-state index contributed by atoms with van der Waals surface area (Å²) in [6.07, 6.45) is 1.99. The van der Waals surface area contributed by atoms with Gasteiger partial charge in [-0.1, -0.05) is 20.3 Å². The Balaban J connectivity index is 2.96. The van der Waals surface area contributed by atoms with Crippen LogP contribution in [0.5, 0.6) is 0 Å². The summed E-state index contributed by atoms with van der Waals surface area (Å²) in [6.45, 7) is 3.63. The van der Waals surface area contributed by atoms with Gasteiger partial charge in [0.25, 0.3) is 0 Å². The van der Waals surface area contributed by atoms with Crippen molar-refractivity contribution in [3.8, 4) is 0 Å². The van der Waals surface area contributed by atoms with Crippen LogP contribution in [0.4, 0.5) is 10.6 Å². The highest BCUT2D eigenvalue weighted by Crippen LogP contribution is 2.14. The molecule has 1 aromatic heterocycles. The third-order valence-electron chi connectivity index (χ3n) is 3.07. The highest BCUT2D eigenvalue weighted by atomic mass is 16.4. The smallest absolute Gasteiger partial charge is 0.339 e. The van der Waals surface area contributed by atoms with Crippen molar-refractivity contribution in [3.05, 3.63) is 23.9 Å². The van der Waals surface area contributed by atoms with Crippen molar-refractivity contribution in [1.29, 1.82) is 0 Å². The number of rotatable bonds is 6. The number of amides is 3. The number of carboxylic acid groups (broad SMARTS) is 1. The lowest BCUT2D eigenvalue weighted by molar-refractivity contribution is -0.119. The zero-order chi connectivity index (χ0) is 16.0. The van der Waals surface area contributed by atoms with E-state index in [1.807, 2.05) is 6.92 Å². The molecule has 0 aliphatic rings. The van der Waals surface area contributed by atoms with Crippen LogP contribution in [0.3, 0.4) is 0 Å². The molecule has 0 fully saturated rings. The van der Waals surface area contributed by atoms with Gasteiger partial charge in [0.1, 0.15) is 17.4 Å². The van der Waals surface area contributed by atoms with Crippen LogP contribution < -0.4 is 16.4 Å². The molecule has 114 valence electrons. The second-order valence-electron chi connectivity index (χ2n) is 4.57. The van der Waals surface area contributed by atoms with E-state index in [0.717, 1.165) is 0 Å². The van der Waals surface area contributed by atoms with Crippen LogP contribution in [-0.2, 0) is 4.79 Å². The number of hydrogen-bond donors (Lipinski definition) is 4. The number of urea groups is 1. The number of pyridine rings is 1. The molecule has 8 nitrogen and oxygen atoms in total. The monoisotopic (exact) mass is 294 g/mol. The lowest BCUT2D eigenvalue weighted by Crippen LogP contribution is -2.49. The molecule has 0 saturated carbocycles. The minimum absolute atomic E-state index is 0.0745. The first-order valence-electron chi connectivity index (χ1n) is 6.42. The first-order valence-corrected chi connectivity index (χ1v) is 6.42. The second-order valence-corrected chi connectivity index (χ2v) is 4.57. The molecule has 0 saturated heterocycles. The maximum absolute atomic E-state index is 12.2. The first kappa shape index (κ1) is 16.4. The Bertz CT molecular complexity index is 547. The van der Waals surface area contributed by atoms with Crippen LogP contribution in [0.15, 0.2) is 18.3 Å². The Hall–Kier alpha value is -2.64. The summed E-state index contributed by atoms with van der Waals surface area (Å²) in [5, 5.41) is 13.8. The molecule has 3 amide bonds. The van der Waals surface area contributed by atoms with E-state index in [4.69, 9.17) is 10.8 Å². The molecular formula is C13H18N4O4. The largest absolute Gasteiger partial charge is 0.478 e. The van der Waals surface area contributed by atoms with Crippen LogP contribution in [0.2, 0.25) is 0 Å². The number of anilines is 1. The van der Waals surface area contributed by atoms with E-state index in [2.05, 4.69) is 15.6 Å². The number of aromatic carboxylic acids is 1. The zero-order valence-electron chi connectivity index (χ0n) is 11.8. The predicted octanol–water partition coefficient (Wildman–Crippen LogP) is 0.801. The van der Waals surface area contributed by atoms with Gasteiger partial charge in [-0.15, -0.1) is 0 Å². The number of aromatic nitrogens is 1. The molecule has 0 radical (unpaired) electrons. The third kappa shape index (κ3) is 4.44. The molecule has 0 bridgehead atoms. The molecule has 2 atom stereocenters. The molecule has 2 unspecified atom stereocenters. The summed E-state index contributed by atoms with van der Waals surface area (Å²) in [7, 11) is 0. The van der Waals surface area contributed by atoms with Crippen molar-refractivity contribution >= 4 is 23.7 Å². The number of primary amides is 1. The van der Waals surface area contributed by atoms with Gasteiger partial charge in [0.2, 0.25) is 5.91 Å². The molecule has 0 aliphatic carbocycles. The van der Waals surface area contributed by atoms with Gasteiger partial charge < -0.3 is 21.5 Å². The van der Waals surface area contributed by atoms with Gasteiger partial charge in [0, 0.05) is 6.20 Å². The standard InChI is InChI=1S/C13H18N4O4/c1-3-7(2)9(16-13(14)21)11(18)17-10-8(12(19)20)5-4-6-15-10/h4-7,9H,3H2,1-2H3,(H,19,20)(H3,14,16,21)(H,15,17,18). The summed E-state index contributed by atoms with van der Waals surface area (Å²) in [4.78, 5) is 38.1. The molecule has 21 heavy (non-hydrogen) atoms. The number of carbonyl (C=O) groups excluding carboxylic acids is 2. The van der Waals surface area contributed by atoms with Crippen LogP contribution in [0.25, 0.3) is 0 Å². The fourth-order valence-corrected chi connectivity index (χ4v) is 1.73. The predicted molar refractivity (Wildman–Crippen MR) is 75.8 cm³/mol. The zero-order valence-corrected chi connectivity index (χ0v) is 11.8. The molecule has 1 rings (SSSR count). The van der Waals surface area contributed by atoms with E-state index >= 15 is 0 Å². The van der Waals surface area contributed by atoms with Gasteiger partial charge in [0.15, 0.2) is 0 Å². The van der Waals surface area contributed by atoms with Crippen molar-refractivity contribution in [1.82, 2.24) is 10.3 Å². The fraction of sp³-hybridized carbons (Fsp3) is 0.385. The van der Waals surface area contributed by atoms with E-state index in [1.54, 1.807) is 6.92 Å². The number of hydrogen-bond acceptors (Lipinski definition) is 4. The number of carbonyl (C=O) groups is 3. The van der Waals surface area contributed by atoms with E-state index < -0.39 is 23.9 Å². The van der Waals surface area contributed by atoms with E-state index in [1.165, 1.54) is 18.3 Å². The van der Waals surface area contributed by atoms with E-state index in [0.29, 0.717) is 6.42 Å². The average Bonchev–Trinajstić information content (AvgIpc) is 2.44. The first-order chi connectivity index (χ1) is 9.86. The summed E-state index contributed by atoms with van der Waals surface area (Å²) >= 11 is 0. The lowest BCUT2D eigenvalue weighted by atomic mass is 9.98. The Morgan fingerprint density at radius 1 is 1.43 bits per heavy atom. The van der Waals surface area contributed by atoms with Crippen LogP contribution in [0, 0.1) is 5.92 Å². The van der Waals surface area contributed by atoms with Gasteiger partial charge in [-0.3, -0.25) is 4.79 Å². The summed E-state index contributed by atoms with van der Waals surface area (Å²) in [6, 6.07) is 1.09. The topological polar surface area (TPSA) is 134 Å². The van der Waals surface area contributed by atoms with Crippen LogP contribution in [0.1, 0.15) is 30.6 Å². The van der Waals surface area contributed by atoms with Crippen molar-refractivity contribution < 1.29 is 19.5 Å². The summed E-state index contributed by atoms with van der Waals surface area (Å²) < 4.78 is 0. The number of carboxylic acids is 1. The van der Waals surface area contributed by atoms with Gasteiger partial charge in [-0.25, -0.2) is 14.6 Å². The third-order valence-corrected chi connectivity index (χ3v) is 3.07. The lowest BCUT2D eigenvalue weighted by Gasteiger charge is -2.22. The SMILES string of the molecule is CCC(C)C(NC(N)=O)C(=O)Nc1ncccc1C(=O)O. The van der Waals surface area contributed by atoms with E-state index in [9.17, 15) is 14.4 Å². The second kappa shape index (κ2) is 7.22. The van der Waals surface area contributed by atoms with Crippen LogP contribution in [-0.4, -0.2) is 34.0 Å². The van der Waals surface area contributed by atoms with Gasteiger partial charge >= 0.3 is 12.0 Å². The molecule has 1 heterocycles. The highest BCUT2D eigenvalue weighted by Gasteiger charge is 2.26. The van der Waals surface area contributed by atoms with Crippen molar-refractivity contribution in [2.75, 3.05) is 5.32 Å². The Labute approximate surface area is 121 Å². The normalized spacial score (nSPS) is 13.0. The summed E-state index contributed by atoms with van der Waals surface area (Å²) in [5.74, 6) is -2.02. The number of nitrogens with two attached hydrogens (primary N) is 1. The molecule has 1 aromatic rings. The minimum Gasteiger partial charge on any atom is -0.478 e. The molecule has 5 N–H and O–H groups in total. The molecule has 8 heteroatoms. The average molecular weight is 294 g/mol. The van der Waals surface area contributed by atoms with Crippen molar-refractivity contribution in [3.63, 3.8) is 0 Å². The molecular weight excluding hydrogens is 276 g/mol. The molecule has 0 aliphatic heterocycles. The quantitative estimate of drug-likeness (QED) is 0.615. The maximum atomic E-state index is 12.2. The Morgan fingerprint density at radius 3 is 2.62 bits per heavy atom. The Kier molecular flexibility index (Phi) is 5.65. The van der Waals surface area contributed by atoms with E-state index in [-0.39, 0.29) is 17.3 Å². The van der Waals surface area contributed by atoms with Gasteiger partial charge in [0.05, 0.1) is 0 Å². The minimum atomic E-state index is -1.21. The Morgan fingerprint density at radius 2 is 2.10 bits per heavy atom. The number of nitrogens with one attached hydrogen (secondary N) is 2.